The number of hydrogen-bond acceptors (Lipinski definition) is 3. The number of nitriles is 1. The van der Waals surface area contributed by atoms with E-state index in [0.717, 1.165) is 4.88 Å². The number of nitrogens with zero attached hydrogens (tertiary/aromatic N) is 1. The van der Waals surface area contributed by atoms with E-state index in [1.54, 1.807) is 19.1 Å². The molecule has 0 aliphatic rings. The number of rotatable bonds is 3. The maximum Gasteiger partial charge on any atom is 0.152 e. The molecule has 2 nitrogen and oxygen atoms in total. The topological polar surface area (TPSA) is 35.8 Å². The van der Waals surface area contributed by atoms with E-state index in [1.807, 2.05) is 6.07 Å². The molecule has 92 valence electrons. The Kier molecular flexibility index (Phi) is 3.58. The molecule has 1 aromatic heterocycles. The van der Waals surface area contributed by atoms with Gasteiger partial charge in [-0.1, -0.05) is 6.07 Å². The molecule has 0 aliphatic heterocycles. The second-order valence-corrected chi connectivity index (χ2v) is 4.95. The average Bonchev–Trinajstić information content (AvgIpc) is 2.82. The van der Waals surface area contributed by atoms with Gasteiger partial charge in [0.2, 0.25) is 0 Å². The number of anilines is 1. The Morgan fingerprint density at radius 2 is 2.06 bits per heavy atom. The lowest BCUT2D eigenvalue weighted by Gasteiger charge is -2.09. The van der Waals surface area contributed by atoms with Crippen molar-refractivity contribution in [1.82, 2.24) is 0 Å². The quantitative estimate of drug-likeness (QED) is 0.914. The van der Waals surface area contributed by atoms with Gasteiger partial charge in [-0.15, -0.1) is 11.3 Å². The maximum absolute atomic E-state index is 13.7. The van der Waals surface area contributed by atoms with Gasteiger partial charge in [0.25, 0.3) is 0 Å². The molecule has 1 aromatic carbocycles. The van der Waals surface area contributed by atoms with Gasteiger partial charge >= 0.3 is 0 Å². The number of thiophene rings is 1. The van der Waals surface area contributed by atoms with E-state index in [2.05, 4.69) is 5.32 Å². The average molecular weight is 264 g/mol. The maximum atomic E-state index is 13.7. The number of hydrogen-bond donors (Lipinski definition) is 1. The molecule has 1 N–H and O–H groups in total. The van der Waals surface area contributed by atoms with Crippen LogP contribution in [-0.4, -0.2) is 0 Å². The van der Waals surface area contributed by atoms with Crippen LogP contribution in [0, 0.1) is 29.9 Å². The molecule has 0 bridgehead atoms. The fourth-order valence-corrected chi connectivity index (χ4v) is 2.27. The molecule has 0 radical (unpaired) electrons. The number of nitrogens with one attached hydrogen (secondary N) is 1. The van der Waals surface area contributed by atoms with Gasteiger partial charge in [-0.2, -0.15) is 5.26 Å². The molecule has 0 unspecified atom stereocenters. The smallest absolute Gasteiger partial charge is 0.152 e. The van der Waals surface area contributed by atoms with Gasteiger partial charge in [0.15, 0.2) is 5.82 Å². The Hall–Kier alpha value is -1.93. The van der Waals surface area contributed by atoms with Crippen LogP contribution in [0.3, 0.4) is 0 Å². The van der Waals surface area contributed by atoms with Crippen molar-refractivity contribution >= 4 is 17.0 Å². The molecule has 0 fully saturated rings. The molecule has 1 heterocycles. The molecule has 0 aliphatic carbocycles. The normalized spacial score (nSPS) is 10.1. The molecule has 2 rings (SSSR count). The predicted octanol–water partition coefficient (Wildman–Crippen LogP) is 3.82. The Morgan fingerprint density at radius 1 is 1.28 bits per heavy atom. The van der Waals surface area contributed by atoms with Crippen LogP contribution in [0.4, 0.5) is 14.5 Å². The van der Waals surface area contributed by atoms with Crippen LogP contribution in [0.15, 0.2) is 24.3 Å². The largest absolute Gasteiger partial charge is 0.375 e. The van der Waals surface area contributed by atoms with Crippen LogP contribution in [0.5, 0.6) is 0 Å². The molecule has 0 amide bonds. The SMILES string of the molecule is Cc1ccc(F)c(NCc2ccc(C#N)s2)c1F. The third-order valence-electron chi connectivity index (χ3n) is 2.50. The van der Waals surface area contributed by atoms with Crippen molar-refractivity contribution in [2.24, 2.45) is 0 Å². The summed E-state index contributed by atoms with van der Waals surface area (Å²) in [5.41, 5.74) is 0.268. The summed E-state index contributed by atoms with van der Waals surface area (Å²) < 4.78 is 27.1. The number of benzene rings is 1. The van der Waals surface area contributed by atoms with Crippen molar-refractivity contribution in [3.05, 3.63) is 51.2 Å². The number of halogens is 2. The second kappa shape index (κ2) is 5.15. The zero-order chi connectivity index (χ0) is 13.1. The van der Waals surface area contributed by atoms with Gasteiger partial charge in [0.05, 0.1) is 0 Å². The summed E-state index contributed by atoms with van der Waals surface area (Å²) >= 11 is 1.30. The monoisotopic (exact) mass is 264 g/mol. The van der Waals surface area contributed by atoms with Crippen molar-refractivity contribution in [3.8, 4) is 6.07 Å². The van der Waals surface area contributed by atoms with E-state index >= 15 is 0 Å². The van der Waals surface area contributed by atoms with Crippen LogP contribution < -0.4 is 5.32 Å². The van der Waals surface area contributed by atoms with Crippen LogP contribution in [0.1, 0.15) is 15.3 Å². The Bertz CT molecular complexity index is 614. The summed E-state index contributed by atoms with van der Waals surface area (Å²) in [5, 5.41) is 11.4. The number of aryl methyl sites for hydroxylation is 1. The first-order valence-corrected chi connectivity index (χ1v) is 6.10. The molecule has 2 aromatic rings. The zero-order valence-electron chi connectivity index (χ0n) is 9.63. The van der Waals surface area contributed by atoms with E-state index in [9.17, 15) is 8.78 Å². The predicted molar refractivity (Wildman–Crippen MR) is 67.5 cm³/mol. The van der Waals surface area contributed by atoms with E-state index < -0.39 is 11.6 Å². The van der Waals surface area contributed by atoms with Crippen molar-refractivity contribution in [3.63, 3.8) is 0 Å². The van der Waals surface area contributed by atoms with Crippen LogP contribution in [0.2, 0.25) is 0 Å². The van der Waals surface area contributed by atoms with Crippen molar-refractivity contribution in [2.45, 2.75) is 13.5 Å². The molecular weight excluding hydrogens is 254 g/mol. The van der Waals surface area contributed by atoms with Crippen LogP contribution in [-0.2, 0) is 6.54 Å². The standard InChI is InChI=1S/C13H10F2N2S/c1-8-2-5-11(14)13(12(8)15)17-7-10-4-3-9(6-16)18-10/h2-5,17H,7H2,1H3. The lowest BCUT2D eigenvalue weighted by atomic mass is 10.2. The van der Waals surface area contributed by atoms with Gasteiger partial charge in [0, 0.05) is 11.4 Å². The molecule has 0 saturated carbocycles. The molecule has 5 heteroatoms. The Morgan fingerprint density at radius 3 is 2.72 bits per heavy atom. The van der Waals surface area contributed by atoms with Gasteiger partial charge in [-0.25, -0.2) is 8.78 Å². The van der Waals surface area contributed by atoms with Crippen molar-refractivity contribution in [1.29, 1.82) is 5.26 Å². The summed E-state index contributed by atoms with van der Waals surface area (Å²) in [4.78, 5) is 1.43. The summed E-state index contributed by atoms with van der Waals surface area (Å²) in [6, 6.07) is 8.10. The molecule has 18 heavy (non-hydrogen) atoms. The third kappa shape index (κ3) is 2.49. The summed E-state index contributed by atoms with van der Waals surface area (Å²) in [5.74, 6) is -1.19. The van der Waals surface area contributed by atoms with Crippen LogP contribution in [0.25, 0.3) is 0 Å². The third-order valence-corrected chi connectivity index (χ3v) is 3.49. The highest BCUT2D eigenvalue weighted by Gasteiger charge is 2.11. The fourth-order valence-electron chi connectivity index (χ4n) is 1.53. The van der Waals surface area contributed by atoms with E-state index in [1.165, 1.54) is 23.5 Å². The lowest BCUT2D eigenvalue weighted by Crippen LogP contribution is -2.03. The van der Waals surface area contributed by atoms with Gasteiger partial charge in [0.1, 0.15) is 22.5 Å². The van der Waals surface area contributed by atoms with Gasteiger partial charge in [-0.3, -0.25) is 0 Å². The van der Waals surface area contributed by atoms with E-state index in [4.69, 9.17) is 5.26 Å². The zero-order valence-corrected chi connectivity index (χ0v) is 10.4. The highest BCUT2D eigenvalue weighted by molar-refractivity contribution is 7.12. The van der Waals surface area contributed by atoms with E-state index in [-0.39, 0.29) is 5.69 Å². The summed E-state index contributed by atoms with van der Waals surface area (Å²) in [6.45, 7) is 1.88. The summed E-state index contributed by atoms with van der Waals surface area (Å²) in [6.07, 6.45) is 0. The van der Waals surface area contributed by atoms with Crippen molar-refractivity contribution in [2.75, 3.05) is 5.32 Å². The highest BCUT2D eigenvalue weighted by Crippen LogP contribution is 2.23. The Labute approximate surface area is 107 Å². The molecule has 0 atom stereocenters. The van der Waals surface area contributed by atoms with E-state index in [0.29, 0.717) is 17.0 Å². The first-order chi connectivity index (χ1) is 8.61. The fraction of sp³-hybridized carbons (Fsp3) is 0.154. The molecular formula is C13H10F2N2S. The minimum Gasteiger partial charge on any atom is -0.375 e. The highest BCUT2D eigenvalue weighted by atomic mass is 32.1. The van der Waals surface area contributed by atoms with Crippen molar-refractivity contribution < 1.29 is 8.78 Å². The lowest BCUT2D eigenvalue weighted by molar-refractivity contribution is 0.582. The minimum absolute atomic E-state index is 0.123. The summed E-state index contributed by atoms with van der Waals surface area (Å²) in [7, 11) is 0. The first-order valence-electron chi connectivity index (χ1n) is 5.29. The van der Waals surface area contributed by atoms with Gasteiger partial charge < -0.3 is 5.32 Å². The Balaban J connectivity index is 2.16. The molecule has 0 saturated heterocycles. The minimum atomic E-state index is -0.616. The molecule has 0 spiro atoms. The first kappa shape index (κ1) is 12.5. The van der Waals surface area contributed by atoms with Gasteiger partial charge in [-0.05, 0) is 30.7 Å². The second-order valence-electron chi connectivity index (χ2n) is 3.78. The van der Waals surface area contributed by atoms with Crippen LogP contribution >= 0.6 is 11.3 Å².